The average molecular weight is 284 g/mol. The fourth-order valence-electron chi connectivity index (χ4n) is 2.29. The molecule has 0 spiro atoms. The van der Waals surface area contributed by atoms with E-state index in [2.05, 4.69) is 19.9 Å². The van der Waals surface area contributed by atoms with E-state index >= 15 is 0 Å². The number of amides is 1. The molecular weight excluding hydrogens is 268 g/mol. The van der Waals surface area contributed by atoms with Crippen LogP contribution in [0, 0.1) is 0 Å². The molecule has 0 aliphatic carbocycles. The molecule has 0 atom stereocenters. The van der Waals surface area contributed by atoms with Crippen LogP contribution in [0.2, 0.25) is 0 Å². The Morgan fingerprint density at radius 3 is 2.48 bits per heavy atom. The number of rotatable bonds is 2. The molecule has 108 valence electrons. The first kappa shape index (κ1) is 13.3. The lowest BCUT2D eigenvalue weighted by molar-refractivity contribution is 0.0740. The van der Waals surface area contributed by atoms with Gasteiger partial charge in [-0.3, -0.25) is 4.79 Å². The van der Waals surface area contributed by atoms with E-state index in [9.17, 15) is 4.79 Å². The molecule has 1 aliphatic rings. The molecule has 1 aliphatic heterocycles. The van der Waals surface area contributed by atoms with Crippen molar-refractivity contribution in [2.45, 2.75) is 0 Å². The summed E-state index contributed by atoms with van der Waals surface area (Å²) in [5.74, 6) is 1.14. The molecule has 7 nitrogen and oxygen atoms in total. The highest BCUT2D eigenvalue weighted by molar-refractivity contribution is 5.92. The number of pyridine rings is 1. The van der Waals surface area contributed by atoms with Crippen LogP contribution in [0.1, 0.15) is 10.5 Å². The monoisotopic (exact) mass is 284 g/mol. The van der Waals surface area contributed by atoms with E-state index in [-0.39, 0.29) is 5.91 Å². The summed E-state index contributed by atoms with van der Waals surface area (Å²) in [5, 5.41) is 0. The second-order valence-corrected chi connectivity index (χ2v) is 4.79. The van der Waals surface area contributed by atoms with Crippen LogP contribution in [0.15, 0.2) is 36.8 Å². The predicted octanol–water partition coefficient (Wildman–Crippen LogP) is 0.416. The van der Waals surface area contributed by atoms with Crippen LogP contribution in [-0.4, -0.2) is 51.9 Å². The van der Waals surface area contributed by atoms with Crippen molar-refractivity contribution in [2.75, 3.05) is 36.8 Å². The number of carbonyl (C=O) groups excluding carboxylic acids is 1. The summed E-state index contributed by atoms with van der Waals surface area (Å²) >= 11 is 0. The van der Waals surface area contributed by atoms with Crippen molar-refractivity contribution < 1.29 is 4.79 Å². The molecule has 0 unspecified atom stereocenters. The smallest absolute Gasteiger partial charge is 0.274 e. The lowest BCUT2D eigenvalue weighted by Crippen LogP contribution is -2.49. The molecule has 3 rings (SSSR count). The van der Waals surface area contributed by atoms with Crippen molar-refractivity contribution in [3.05, 3.63) is 42.5 Å². The van der Waals surface area contributed by atoms with E-state index in [1.54, 1.807) is 11.1 Å². The maximum absolute atomic E-state index is 12.3. The summed E-state index contributed by atoms with van der Waals surface area (Å²) in [6.45, 7) is 2.79. The highest BCUT2D eigenvalue weighted by atomic mass is 16.2. The fraction of sp³-hybridized carbons (Fsp3) is 0.286. The Labute approximate surface area is 122 Å². The highest BCUT2D eigenvalue weighted by Gasteiger charge is 2.23. The second kappa shape index (κ2) is 5.74. The Bertz CT molecular complexity index is 607. The Balaban J connectivity index is 1.63. The maximum Gasteiger partial charge on any atom is 0.274 e. The molecule has 1 fully saturated rings. The molecule has 21 heavy (non-hydrogen) atoms. The topological polar surface area (TPSA) is 88.2 Å². The van der Waals surface area contributed by atoms with E-state index < -0.39 is 0 Å². The van der Waals surface area contributed by atoms with Gasteiger partial charge in [-0.05, 0) is 12.1 Å². The fourth-order valence-corrected chi connectivity index (χ4v) is 2.29. The number of carbonyl (C=O) groups is 1. The van der Waals surface area contributed by atoms with Crippen molar-refractivity contribution in [3.8, 4) is 0 Å². The molecule has 0 saturated carbocycles. The third-order valence-electron chi connectivity index (χ3n) is 3.43. The van der Waals surface area contributed by atoms with Gasteiger partial charge in [-0.2, -0.15) is 0 Å². The molecule has 2 N–H and O–H groups in total. The number of nitrogens with two attached hydrogens (primary N) is 1. The largest absolute Gasteiger partial charge is 0.382 e. The van der Waals surface area contributed by atoms with Gasteiger partial charge in [-0.25, -0.2) is 15.0 Å². The molecule has 3 heterocycles. The van der Waals surface area contributed by atoms with Crippen LogP contribution in [-0.2, 0) is 0 Å². The van der Waals surface area contributed by atoms with Crippen LogP contribution in [0.3, 0.4) is 0 Å². The number of nitrogens with zero attached hydrogens (tertiary/aromatic N) is 5. The van der Waals surface area contributed by atoms with Gasteiger partial charge >= 0.3 is 0 Å². The van der Waals surface area contributed by atoms with Gasteiger partial charge in [0.1, 0.15) is 17.3 Å². The van der Waals surface area contributed by atoms with Crippen LogP contribution in [0.5, 0.6) is 0 Å². The minimum Gasteiger partial charge on any atom is -0.382 e. The summed E-state index contributed by atoms with van der Waals surface area (Å²) in [7, 11) is 0. The van der Waals surface area contributed by atoms with E-state index in [1.165, 1.54) is 12.4 Å². The summed E-state index contributed by atoms with van der Waals surface area (Å²) in [6.07, 6.45) is 4.59. The Morgan fingerprint density at radius 1 is 1.05 bits per heavy atom. The Hall–Kier alpha value is -2.70. The van der Waals surface area contributed by atoms with Gasteiger partial charge in [0, 0.05) is 32.4 Å². The van der Waals surface area contributed by atoms with Crippen molar-refractivity contribution in [1.82, 2.24) is 19.9 Å². The first-order chi connectivity index (χ1) is 10.2. The predicted molar refractivity (Wildman–Crippen MR) is 78.8 cm³/mol. The zero-order valence-corrected chi connectivity index (χ0v) is 11.5. The SMILES string of the molecule is Nc1cnc(C(=O)N2CCN(c3ccccn3)CC2)cn1. The third kappa shape index (κ3) is 2.91. The number of aromatic nitrogens is 3. The third-order valence-corrected chi connectivity index (χ3v) is 3.43. The van der Waals surface area contributed by atoms with Gasteiger partial charge in [0.15, 0.2) is 0 Å². The molecule has 0 bridgehead atoms. The first-order valence-corrected chi connectivity index (χ1v) is 6.77. The number of nitrogen functional groups attached to an aromatic ring is 1. The highest BCUT2D eigenvalue weighted by Crippen LogP contribution is 2.13. The quantitative estimate of drug-likeness (QED) is 0.859. The molecule has 0 aromatic carbocycles. The molecule has 7 heteroatoms. The second-order valence-electron chi connectivity index (χ2n) is 4.79. The van der Waals surface area contributed by atoms with Gasteiger partial charge in [0.25, 0.3) is 5.91 Å². The summed E-state index contributed by atoms with van der Waals surface area (Å²) in [4.78, 5) is 28.5. The summed E-state index contributed by atoms with van der Waals surface area (Å²) < 4.78 is 0. The van der Waals surface area contributed by atoms with E-state index in [0.717, 1.165) is 18.9 Å². The van der Waals surface area contributed by atoms with E-state index in [1.807, 2.05) is 18.2 Å². The van der Waals surface area contributed by atoms with Gasteiger partial charge in [-0.15, -0.1) is 0 Å². The van der Waals surface area contributed by atoms with Crippen molar-refractivity contribution in [1.29, 1.82) is 0 Å². The van der Waals surface area contributed by atoms with Crippen LogP contribution in [0.25, 0.3) is 0 Å². The van der Waals surface area contributed by atoms with Gasteiger partial charge < -0.3 is 15.5 Å². The number of piperazine rings is 1. The molecule has 2 aromatic heterocycles. The van der Waals surface area contributed by atoms with Crippen molar-refractivity contribution >= 4 is 17.5 Å². The lowest BCUT2D eigenvalue weighted by atomic mass is 10.2. The standard InChI is InChI=1S/C14H16N6O/c15-12-10-17-11(9-18-12)14(21)20-7-5-19(6-8-20)13-3-1-2-4-16-13/h1-4,9-10H,5-8H2,(H2,15,18). The molecule has 1 amide bonds. The first-order valence-electron chi connectivity index (χ1n) is 6.77. The number of hydrogen-bond donors (Lipinski definition) is 1. The van der Waals surface area contributed by atoms with Gasteiger partial charge in [0.2, 0.25) is 0 Å². The Kier molecular flexibility index (Phi) is 3.63. The average Bonchev–Trinajstić information content (AvgIpc) is 2.56. The van der Waals surface area contributed by atoms with Crippen LogP contribution < -0.4 is 10.6 Å². The summed E-state index contributed by atoms with van der Waals surface area (Å²) in [5.41, 5.74) is 5.80. The minimum absolute atomic E-state index is 0.108. The molecule has 0 radical (unpaired) electrons. The van der Waals surface area contributed by atoms with E-state index in [4.69, 9.17) is 5.73 Å². The molecule has 1 saturated heterocycles. The van der Waals surface area contributed by atoms with Crippen molar-refractivity contribution in [2.24, 2.45) is 0 Å². The normalized spacial score (nSPS) is 15.0. The molecule has 2 aromatic rings. The number of anilines is 2. The van der Waals surface area contributed by atoms with Crippen LogP contribution >= 0.6 is 0 Å². The van der Waals surface area contributed by atoms with Crippen molar-refractivity contribution in [3.63, 3.8) is 0 Å². The van der Waals surface area contributed by atoms with E-state index in [0.29, 0.717) is 24.6 Å². The van der Waals surface area contributed by atoms with Gasteiger partial charge in [0.05, 0.1) is 12.4 Å². The lowest BCUT2D eigenvalue weighted by Gasteiger charge is -2.35. The zero-order valence-electron chi connectivity index (χ0n) is 11.5. The minimum atomic E-state index is -0.108. The zero-order chi connectivity index (χ0) is 14.7. The van der Waals surface area contributed by atoms with Gasteiger partial charge in [-0.1, -0.05) is 6.07 Å². The molecular formula is C14H16N6O. The number of hydrogen-bond acceptors (Lipinski definition) is 6. The maximum atomic E-state index is 12.3. The van der Waals surface area contributed by atoms with Crippen LogP contribution in [0.4, 0.5) is 11.6 Å². The summed E-state index contributed by atoms with van der Waals surface area (Å²) in [6, 6.07) is 5.83. The Morgan fingerprint density at radius 2 is 1.86 bits per heavy atom.